The lowest BCUT2D eigenvalue weighted by Gasteiger charge is -2.41. The summed E-state index contributed by atoms with van der Waals surface area (Å²) < 4.78 is 121. The third-order valence-electron chi connectivity index (χ3n) is 7.29. The van der Waals surface area contributed by atoms with E-state index in [2.05, 4.69) is 4.74 Å². The average molecular weight is 506 g/mol. The largest absolute Gasteiger partial charge is 0.439 e. The fourth-order valence-corrected chi connectivity index (χ4v) is 5.41. The van der Waals surface area contributed by atoms with Crippen LogP contribution in [0.5, 0.6) is 0 Å². The van der Waals surface area contributed by atoms with Crippen LogP contribution in [0.25, 0.3) is 0 Å². The van der Waals surface area contributed by atoms with Crippen molar-refractivity contribution in [2.75, 3.05) is 13.9 Å². The molecule has 0 saturated heterocycles. The fraction of sp³-hybridized carbons (Fsp3) is 0.826. The smallest absolute Gasteiger partial charge is 0.427 e. The Morgan fingerprint density at radius 3 is 2.03 bits per heavy atom. The van der Waals surface area contributed by atoms with E-state index in [0.717, 1.165) is 44.6 Å². The van der Waals surface area contributed by atoms with Crippen LogP contribution in [0.3, 0.4) is 0 Å². The van der Waals surface area contributed by atoms with Gasteiger partial charge in [-0.3, -0.25) is 0 Å². The molecule has 196 valence electrons. The molecule has 3 nitrogen and oxygen atoms in total. The lowest BCUT2D eigenvalue weighted by atomic mass is 9.66. The van der Waals surface area contributed by atoms with Crippen molar-refractivity contribution >= 4 is 0 Å². The molecule has 2 atom stereocenters. The standard InChI is InChI=1S/C23H30F8O3/c1-32-13-33-17-8-4-15(5-9-17)14-2-6-16(7-3-14)21(26)11-10-19(18(24)12-21)34-23(30,31)20(25)22(27,28)29/h10-11,14-17,20H,2-9,12-13H2,1H3. The van der Waals surface area contributed by atoms with Gasteiger partial charge >= 0.3 is 12.3 Å². The summed E-state index contributed by atoms with van der Waals surface area (Å²) in [5.74, 6) is -2.39. The lowest BCUT2D eigenvalue weighted by Crippen LogP contribution is -2.44. The Balaban J connectivity index is 1.52. The molecule has 0 aromatic carbocycles. The third-order valence-corrected chi connectivity index (χ3v) is 7.29. The minimum atomic E-state index is -5.89. The van der Waals surface area contributed by atoms with Gasteiger partial charge in [0.2, 0.25) is 0 Å². The van der Waals surface area contributed by atoms with Crippen LogP contribution < -0.4 is 0 Å². The van der Waals surface area contributed by atoms with Crippen LogP contribution in [0, 0.1) is 17.8 Å². The van der Waals surface area contributed by atoms with Crippen molar-refractivity contribution in [3.8, 4) is 0 Å². The van der Waals surface area contributed by atoms with Crippen LogP contribution in [0.4, 0.5) is 35.1 Å². The van der Waals surface area contributed by atoms with Gasteiger partial charge in [-0.1, -0.05) is 0 Å². The van der Waals surface area contributed by atoms with Gasteiger partial charge in [0, 0.05) is 13.5 Å². The van der Waals surface area contributed by atoms with Crippen LogP contribution in [-0.4, -0.2) is 44.1 Å². The third kappa shape index (κ3) is 6.44. The summed E-state index contributed by atoms with van der Waals surface area (Å²) in [6.45, 7) is 0.263. The van der Waals surface area contributed by atoms with Gasteiger partial charge in [0.1, 0.15) is 18.3 Å². The molecule has 3 aliphatic rings. The van der Waals surface area contributed by atoms with Crippen LogP contribution in [0.1, 0.15) is 57.8 Å². The summed E-state index contributed by atoms with van der Waals surface area (Å²) in [6, 6.07) is 0. The van der Waals surface area contributed by atoms with E-state index in [1.165, 1.54) is 0 Å². The zero-order chi connectivity index (χ0) is 25.1. The first-order chi connectivity index (χ1) is 15.9. The van der Waals surface area contributed by atoms with Gasteiger partial charge in [0.25, 0.3) is 6.17 Å². The molecule has 0 aromatic heterocycles. The maximum absolute atomic E-state index is 15.5. The molecule has 0 N–H and O–H groups in total. The topological polar surface area (TPSA) is 27.7 Å². The van der Waals surface area contributed by atoms with E-state index >= 15 is 4.39 Å². The Labute approximate surface area is 193 Å². The van der Waals surface area contributed by atoms with Crippen LogP contribution in [-0.2, 0) is 14.2 Å². The van der Waals surface area contributed by atoms with Gasteiger partial charge in [-0.2, -0.15) is 22.0 Å². The van der Waals surface area contributed by atoms with E-state index in [1.807, 2.05) is 0 Å². The van der Waals surface area contributed by atoms with Gasteiger partial charge in [0.05, 0.1) is 6.10 Å². The molecule has 0 bridgehead atoms. The second-order valence-electron chi connectivity index (χ2n) is 9.50. The minimum absolute atomic E-state index is 0.177. The number of halogens is 8. The molecule has 2 fully saturated rings. The van der Waals surface area contributed by atoms with E-state index in [0.29, 0.717) is 30.8 Å². The van der Waals surface area contributed by atoms with E-state index in [1.54, 1.807) is 7.11 Å². The van der Waals surface area contributed by atoms with Crippen LogP contribution >= 0.6 is 0 Å². The SMILES string of the molecule is COCOC1CCC(C2CCC(C3(F)C=CC(OC(F)(F)C(F)C(F)(F)F)=C(F)C3)CC2)CC1. The Morgan fingerprint density at radius 1 is 0.971 bits per heavy atom. The molecular formula is C23H30F8O3. The predicted octanol–water partition coefficient (Wildman–Crippen LogP) is 7.33. The summed E-state index contributed by atoms with van der Waals surface area (Å²) in [4.78, 5) is 0. The zero-order valence-corrected chi connectivity index (χ0v) is 18.9. The Kier molecular flexibility index (Phi) is 8.59. The number of alkyl halides is 7. The highest BCUT2D eigenvalue weighted by atomic mass is 19.4. The lowest BCUT2D eigenvalue weighted by molar-refractivity contribution is -0.322. The molecule has 3 rings (SSSR count). The van der Waals surface area contributed by atoms with Crippen LogP contribution in [0.2, 0.25) is 0 Å². The highest BCUT2D eigenvalue weighted by molar-refractivity contribution is 5.28. The number of hydrogen-bond acceptors (Lipinski definition) is 3. The normalized spacial score (nSPS) is 34.3. The van der Waals surface area contributed by atoms with Crippen molar-refractivity contribution in [2.24, 2.45) is 17.8 Å². The highest BCUT2D eigenvalue weighted by Gasteiger charge is 2.60. The molecule has 0 aromatic rings. The summed E-state index contributed by atoms with van der Waals surface area (Å²) in [6.07, 6.45) is -8.90. The summed E-state index contributed by atoms with van der Waals surface area (Å²) in [5, 5.41) is 0. The van der Waals surface area contributed by atoms with E-state index in [4.69, 9.17) is 9.47 Å². The van der Waals surface area contributed by atoms with E-state index in [-0.39, 0.29) is 12.9 Å². The van der Waals surface area contributed by atoms with E-state index < -0.39 is 48.1 Å². The summed E-state index contributed by atoms with van der Waals surface area (Å²) in [7, 11) is 1.57. The molecule has 3 aliphatic carbocycles. The number of ether oxygens (including phenoxy) is 3. The first-order valence-electron chi connectivity index (χ1n) is 11.5. The van der Waals surface area contributed by atoms with Crippen molar-refractivity contribution in [1.82, 2.24) is 0 Å². The number of methoxy groups -OCH3 is 1. The van der Waals surface area contributed by atoms with Gasteiger partial charge in [-0.15, -0.1) is 0 Å². The average Bonchev–Trinajstić information content (AvgIpc) is 2.79. The molecule has 11 heteroatoms. The van der Waals surface area contributed by atoms with Crippen molar-refractivity contribution in [3.05, 3.63) is 23.7 Å². The quantitative estimate of drug-likeness (QED) is 0.255. The monoisotopic (exact) mass is 506 g/mol. The van der Waals surface area contributed by atoms with Crippen LogP contribution in [0.15, 0.2) is 23.7 Å². The van der Waals surface area contributed by atoms with Gasteiger partial charge in [-0.25, -0.2) is 13.2 Å². The van der Waals surface area contributed by atoms with Gasteiger partial charge in [0.15, 0.2) is 5.76 Å². The molecule has 2 saturated carbocycles. The van der Waals surface area contributed by atoms with E-state index in [9.17, 15) is 30.7 Å². The molecule has 34 heavy (non-hydrogen) atoms. The first kappa shape index (κ1) is 27.2. The maximum atomic E-state index is 15.5. The Hall–Kier alpha value is -1.36. The van der Waals surface area contributed by atoms with Crippen molar-refractivity contribution < 1.29 is 49.3 Å². The second-order valence-corrected chi connectivity index (χ2v) is 9.50. The number of allylic oxidation sites excluding steroid dienone is 3. The highest BCUT2D eigenvalue weighted by Crippen LogP contribution is 2.48. The number of hydrogen-bond donors (Lipinski definition) is 0. The van der Waals surface area contributed by atoms with Crippen molar-refractivity contribution in [1.29, 1.82) is 0 Å². The predicted molar refractivity (Wildman–Crippen MR) is 107 cm³/mol. The van der Waals surface area contributed by atoms with Gasteiger partial charge < -0.3 is 14.2 Å². The second kappa shape index (κ2) is 10.7. The maximum Gasteiger partial charge on any atom is 0.439 e. The van der Waals surface area contributed by atoms with Crippen molar-refractivity contribution in [3.63, 3.8) is 0 Å². The first-order valence-corrected chi connectivity index (χ1v) is 11.5. The summed E-state index contributed by atoms with van der Waals surface area (Å²) in [5.41, 5.74) is -2.16. The molecule has 0 radical (unpaired) electrons. The molecule has 0 aliphatic heterocycles. The van der Waals surface area contributed by atoms with Gasteiger partial charge in [-0.05, 0) is 81.3 Å². The molecule has 2 unspecified atom stereocenters. The molecule has 0 heterocycles. The Bertz CT molecular complexity index is 737. The fourth-order valence-electron chi connectivity index (χ4n) is 5.41. The molecule has 0 spiro atoms. The van der Waals surface area contributed by atoms with Crippen molar-refractivity contribution in [2.45, 2.75) is 88.0 Å². The summed E-state index contributed by atoms with van der Waals surface area (Å²) >= 11 is 0. The Morgan fingerprint density at radius 2 is 1.53 bits per heavy atom. The molecule has 0 amide bonds. The minimum Gasteiger partial charge on any atom is -0.427 e. The molecular weight excluding hydrogens is 476 g/mol. The number of rotatable bonds is 8. The zero-order valence-electron chi connectivity index (χ0n) is 18.9.